The minimum atomic E-state index is -0.00359. The Bertz CT molecular complexity index is 863. The smallest absolute Gasteiger partial charge is 0.253 e. The summed E-state index contributed by atoms with van der Waals surface area (Å²) in [5.41, 5.74) is 2.84. The van der Waals surface area contributed by atoms with Crippen LogP contribution in [0, 0.1) is 0 Å². The third-order valence-corrected chi connectivity index (χ3v) is 4.96. The molecule has 2 aromatic rings. The summed E-state index contributed by atoms with van der Waals surface area (Å²) in [7, 11) is 9.31. The average Bonchev–Trinajstić information content (AvgIpc) is 2.77. The number of ether oxygens (including phenoxy) is 1. The molecular weight excluding hydrogens is 390 g/mol. The van der Waals surface area contributed by atoms with E-state index < -0.39 is 0 Å². The summed E-state index contributed by atoms with van der Waals surface area (Å²) in [6, 6.07) is 15.8. The molecular formula is C24H35N5O2. The molecule has 0 aliphatic heterocycles. The van der Waals surface area contributed by atoms with Gasteiger partial charge in [-0.25, -0.2) is 4.99 Å². The number of hydrogen-bond donors (Lipinski definition) is 2. The van der Waals surface area contributed by atoms with Crippen LogP contribution < -0.4 is 15.4 Å². The zero-order valence-corrected chi connectivity index (χ0v) is 19.5. The van der Waals surface area contributed by atoms with E-state index in [1.807, 2.05) is 49.4 Å². The van der Waals surface area contributed by atoms with Crippen molar-refractivity contribution in [2.45, 2.75) is 19.5 Å². The van der Waals surface area contributed by atoms with Crippen LogP contribution in [0.4, 0.5) is 0 Å². The van der Waals surface area contributed by atoms with Crippen molar-refractivity contribution < 1.29 is 9.53 Å². The molecule has 0 heterocycles. The zero-order chi connectivity index (χ0) is 22.8. The third-order valence-electron chi connectivity index (χ3n) is 4.96. The second-order valence-corrected chi connectivity index (χ2v) is 7.69. The van der Waals surface area contributed by atoms with Crippen LogP contribution in [0.3, 0.4) is 0 Å². The van der Waals surface area contributed by atoms with Gasteiger partial charge < -0.3 is 25.2 Å². The number of nitrogens with zero attached hydrogens (tertiary/aromatic N) is 3. The molecule has 2 rings (SSSR count). The van der Waals surface area contributed by atoms with Crippen LogP contribution in [0.5, 0.6) is 5.75 Å². The summed E-state index contributed by atoms with van der Waals surface area (Å²) in [5.74, 6) is 1.62. The normalized spacial score (nSPS) is 12.4. The topological polar surface area (TPSA) is 69.2 Å². The Morgan fingerprint density at radius 2 is 1.71 bits per heavy atom. The minimum absolute atomic E-state index is 0.00359. The lowest BCUT2D eigenvalue weighted by Gasteiger charge is -2.27. The number of nitrogens with one attached hydrogen (secondary N) is 2. The first kappa shape index (κ1) is 24.2. The molecule has 0 aliphatic rings. The molecule has 0 bridgehead atoms. The minimum Gasteiger partial charge on any atom is -0.496 e. The molecule has 1 amide bonds. The number of amides is 1. The van der Waals surface area contributed by atoms with Crippen LogP contribution in [0.15, 0.2) is 53.5 Å². The monoisotopic (exact) mass is 425 g/mol. The summed E-state index contributed by atoms with van der Waals surface area (Å²) in [6.45, 7) is 4.01. The van der Waals surface area contributed by atoms with Crippen molar-refractivity contribution in [3.63, 3.8) is 0 Å². The molecule has 2 aromatic carbocycles. The third kappa shape index (κ3) is 7.00. The van der Waals surface area contributed by atoms with Crippen LogP contribution in [0.1, 0.15) is 34.5 Å². The highest BCUT2D eigenvalue weighted by Gasteiger charge is 2.18. The Kier molecular flexibility index (Phi) is 9.34. The molecule has 168 valence electrons. The summed E-state index contributed by atoms with van der Waals surface area (Å²) in [4.78, 5) is 20.5. The molecule has 0 radical (unpaired) electrons. The van der Waals surface area contributed by atoms with E-state index >= 15 is 0 Å². The Hall–Kier alpha value is -3.06. The lowest BCUT2D eigenvalue weighted by atomic mass is 10.0. The Morgan fingerprint density at radius 1 is 1.03 bits per heavy atom. The SMILES string of the molecule is CCNC(=NCc1ccc(C(=O)N(C)C)cc1)NCC(c1ccccc1OC)N(C)C. The highest BCUT2D eigenvalue weighted by molar-refractivity contribution is 5.93. The number of benzene rings is 2. The highest BCUT2D eigenvalue weighted by atomic mass is 16.5. The molecule has 31 heavy (non-hydrogen) atoms. The number of likely N-dealkylation sites (N-methyl/N-ethyl adjacent to an activating group) is 1. The Labute approximate surface area is 186 Å². The lowest BCUT2D eigenvalue weighted by molar-refractivity contribution is 0.0827. The van der Waals surface area contributed by atoms with E-state index in [0.717, 1.165) is 29.4 Å². The number of guanidine groups is 1. The van der Waals surface area contributed by atoms with Crippen LogP contribution in [-0.4, -0.2) is 70.1 Å². The van der Waals surface area contributed by atoms with Gasteiger partial charge in [0.2, 0.25) is 0 Å². The van der Waals surface area contributed by atoms with Crippen molar-refractivity contribution in [3.8, 4) is 5.75 Å². The second-order valence-electron chi connectivity index (χ2n) is 7.69. The van der Waals surface area contributed by atoms with Gasteiger partial charge in [0.25, 0.3) is 5.91 Å². The molecule has 0 spiro atoms. The molecule has 7 heteroatoms. The molecule has 0 saturated heterocycles. The predicted octanol–water partition coefficient (Wildman–Crippen LogP) is 2.76. The van der Waals surface area contributed by atoms with Gasteiger partial charge in [-0.1, -0.05) is 30.3 Å². The maximum Gasteiger partial charge on any atom is 0.253 e. The fourth-order valence-corrected chi connectivity index (χ4v) is 3.23. The van der Waals surface area contributed by atoms with Crippen LogP contribution in [-0.2, 0) is 6.54 Å². The molecule has 0 saturated carbocycles. The van der Waals surface area contributed by atoms with E-state index in [1.165, 1.54) is 0 Å². The standard InChI is InChI=1S/C24H35N5O2/c1-7-25-24(26-16-18-12-14-19(15-13-18)23(30)29(4)5)27-17-21(28(2)3)20-10-8-9-11-22(20)31-6/h8-15,21H,7,16-17H2,1-6H3,(H2,25,26,27). The summed E-state index contributed by atoms with van der Waals surface area (Å²) in [6.07, 6.45) is 0. The van der Waals surface area contributed by atoms with E-state index in [9.17, 15) is 4.79 Å². The van der Waals surface area contributed by atoms with Crippen molar-refractivity contribution >= 4 is 11.9 Å². The molecule has 1 unspecified atom stereocenters. The largest absolute Gasteiger partial charge is 0.496 e. The van der Waals surface area contributed by atoms with Crippen molar-refractivity contribution in [2.75, 3.05) is 48.4 Å². The van der Waals surface area contributed by atoms with E-state index in [4.69, 9.17) is 9.73 Å². The predicted molar refractivity (Wildman–Crippen MR) is 127 cm³/mol. The van der Waals surface area contributed by atoms with E-state index in [0.29, 0.717) is 18.7 Å². The molecule has 0 aliphatic carbocycles. The molecule has 2 N–H and O–H groups in total. The molecule has 7 nitrogen and oxygen atoms in total. The van der Waals surface area contributed by atoms with Gasteiger partial charge in [-0.2, -0.15) is 0 Å². The number of para-hydroxylation sites is 1. The fraction of sp³-hybridized carbons (Fsp3) is 0.417. The van der Waals surface area contributed by atoms with E-state index in [-0.39, 0.29) is 11.9 Å². The number of hydrogen-bond acceptors (Lipinski definition) is 4. The first-order valence-corrected chi connectivity index (χ1v) is 10.5. The van der Waals surface area contributed by atoms with E-state index in [1.54, 1.807) is 26.1 Å². The van der Waals surface area contributed by atoms with Crippen molar-refractivity contribution in [1.29, 1.82) is 0 Å². The van der Waals surface area contributed by atoms with Crippen molar-refractivity contribution in [1.82, 2.24) is 20.4 Å². The zero-order valence-electron chi connectivity index (χ0n) is 19.5. The number of methoxy groups -OCH3 is 1. The van der Waals surface area contributed by atoms with Gasteiger partial charge in [-0.3, -0.25) is 4.79 Å². The average molecular weight is 426 g/mol. The number of carbonyl (C=O) groups is 1. The summed E-state index contributed by atoms with van der Waals surface area (Å²) in [5, 5.41) is 6.75. The van der Waals surface area contributed by atoms with Gasteiger partial charge >= 0.3 is 0 Å². The van der Waals surface area contributed by atoms with Gasteiger partial charge in [0.1, 0.15) is 5.75 Å². The Balaban J connectivity index is 2.09. The van der Waals surface area contributed by atoms with Gasteiger partial charge in [-0.05, 0) is 44.8 Å². The van der Waals surface area contributed by atoms with Gasteiger partial charge in [0.05, 0.1) is 19.7 Å². The second kappa shape index (κ2) is 12.0. The van der Waals surface area contributed by atoms with Crippen LogP contribution in [0.2, 0.25) is 0 Å². The van der Waals surface area contributed by atoms with Crippen LogP contribution in [0.25, 0.3) is 0 Å². The lowest BCUT2D eigenvalue weighted by Crippen LogP contribution is -2.41. The maximum absolute atomic E-state index is 12.0. The first-order chi connectivity index (χ1) is 14.9. The van der Waals surface area contributed by atoms with Crippen molar-refractivity contribution in [2.24, 2.45) is 4.99 Å². The van der Waals surface area contributed by atoms with E-state index in [2.05, 4.69) is 35.7 Å². The Morgan fingerprint density at radius 3 is 2.29 bits per heavy atom. The fourth-order valence-electron chi connectivity index (χ4n) is 3.23. The number of carbonyl (C=O) groups excluding carboxylic acids is 1. The summed E-state index contributed by atoms with van der Waals surface area (Å²) >= 11 is 0. The quantitative estimate of drug-likeness (QED) is 0.478. The van der Waals surface area contributed by atoms with Gasteiger partial charge in [-0.15, -0.1) is 0 Å². The van der Waals surface area contributed by atoms with Crippen LogP contribution >= 0.6 is 0 Å². The highest BCUT2D eigenvalue weighted by Crippen LogP contribution is 2.27. The summed E-state index contributed by atoms with van der Waals surface area (Å²) < 4.78 is 5.55. The maximum atomic E-state index is 12.0. The van der Waals surface area contributed by atoms with Gasteiger partial charge in [0, 0.05) is 38.3 Å². The number of rotatable bonds is 9. The van der Waals surface area contributed by atoms with Crippen molar-refractivity contribution in [3.05, 3.63) is 65.2 Å². The molecule has 1 atom stereocenters. The molecule has 0 aromatic heterocycles. The first-order valence-electron chi connectivity index (χ1n) is 10.5. The number of aliphatic imine (C=N–C) groups is 1. The molecule has 0 fully saturated rings. The van der Waals surface area contributed by atoms with Gasteiger partial charge in [0.15, 0.2) is 5.96 Å².